The molecule has 0 radical (unpaired) electrons. The number of carbonyl (C=O) groups is 1. The third-order valence-electron chi connectivity index (χ3n) is 3.63. The van der Waals surface area contributed by atoms with Crippen LogP contribution in [0.25, 0.3) is 0 Å². The summed E-state index contributed by atoms with van der Waals surface area (Å²) in [4.78, 5) is 11.7. The molecule has 2 aromatic rings. The summed E-state index contributed by atoms with van der Waals surface area (Å²) in [5.74, 6) is 0.0534. The molecule has 0 aliphatic carbocycles. The smallest absolute Gasteiger partial charge is 0.337 e. The Morgan fingerprint density at radius 1 is 1.19 bits per heavy atom. The monoisotopic (exact) mass is 375 g/mol. The molecular formula is C19H21NO5S. The maximum atomic E-state index is 12.8. The average molecular weight is 375 g/mol. The lowest BCUT2D eigenvalue weighted by molar-refractivity contribution is 0.0600. The molecule has 2 aromatic carbocycles. The first-order valence-electron chi connectivity index (χ1n) is 7.86. The molecule has 0 bridgehead atoms. The van der Waals surface area contributed by atoms with E-state index in [9.17, 15) is 13.2 Å². The molecule has 2 rings (SSSR count). The fourth-order valence-corrected chi connectivity index (χ4v) is 3.52. The number of methoxy groups -OCH3 is 1. The summed E-state index contributed by atoms with van der Waals surface area (Å²) in [5.41, 5.74) is 0.962. The molecule has 0 N–H and O–H groups in total. The molecule has 0 saturated carbocycles. The molecule has 0 aliphatic heterocycles. The molecule has 0 spiro atoms. The van der Waals surface area contributed by atoms with Gasteiger partial charge >= 0.3 is 5.97 Å². The van der Waals surface area contributed by atoms with E-state index in [1.807, 2.05) is 6.07 Å². The first-order valence-corrected chi connectivity index (χ1v) is 9.30. The van der Waals surface area contributed by atoms with Crippen molar-refractivity contribution in [1.82, 2.24) is 4.31 Å². The van der Waals surface area contributed by atoms with Gasteiger partial charge in [0.25, 0.3) is 0 Å². The fraction of sp³-hybridized carbons (Fsp3) is 0.211. The fourth-order valence-electron chi connectivity index (χ4n) is 2.31. The van der Waals surface area contributed by atoms with E-state index >= 15 is 0 Å². The van der Waals surface area contributed by atoms with Crippen molar-refractivity contribution in [2.24, 2.45) is 0 Å². The van der Waals surface area contributed by atoms with Crippen molar-refractivity contribution in [1.29, 1.82) is 0 Å². The van der Waals surface area contributed by atoms with E-state index in [1.165, 1.54) is 42.7 Å². The number of hydrogen-bond donors (Lipinski definition) is 0. The van der Waals surface area contributed by atoms with Gasteiger partial charge in [-0.2, -0.15) is 4.31 Å². The van der Waals surface area contributed by atoms with E-state index in [4.69, 9.17) is 4.74 Å². The van der Waals surface area contributed by atoms with Crippen LogP contribution < -0.4 is 4.74 Å². The number of hydrogen-bond acceptors (Lipinski definition) is 5. The number of sulfonamides is 1. The SMILES string of the molecule is C=CCOc1cccc(CN(C)S(=O)(=O)c2cccc(C(=O)OC)c2)c1. The molecule has 0 saturated heterocycles. The maximum absolute atomic E-state index is 12.8. The highest BCUT2D eigenvalue weighted by molar-refractivity contribution is 7.89. The molecule has 7 heteroatoms. The molecule has 0 aromatic heterocycles. The number of nitrogens with zero attached hydrogens (tertiary/aromatic N) is 1. The van der Waals surface area contributed by atoms with Gasteiger partial charge in [-0.3, -0.25) is 0 Å². The number of esters is 1. The summed E-state index contributed by atoms with van der Waals surface area (Å²) < 4.78 is 36.9. The molecule has 6 nitrogen and oxygen atoms in total. The average Bonchev–Trinajstić information content (AvgIpc) is 2.66. The quantitative estimate of drug-likeness (QED) is 0.524. The van der Waals surface area contributed by atoms with Crippen molar-refractivity contribution in [3.05, 3.63) is 72.3 Å². The lowest BCUT2D eigenvalue weighted by Crippen LogP contribution is -2.26. The lowest BCUT2D eigenvalue weighted by Gasteiger charge is -2.18. The van der Waals surface area contributed by atoms with E-state index in [0.717, 1.165) is 5.56 Å². The van der Waals surface area contributed by atoms with E-state index < -0.39 is 16.0 Å². The van der Waals surface area contributed by atoms with Crippen LogP contribution in [0.4, 0.5) is 0 Å². The summed E-state index contributed by atoms with van der Waals surface area (Å²) in [5, 5.41) is 0. The number of ether oxygens (including phenoxy) is 2. The van der Waals surface area contributed by atoms with Gasteiger partial charge in [0.2, 0.25) is 10.0 Å². The second kappa shape index (κ2) is 8.64. The van der Waals surface area contributed by atoms with Gasteiger partial charge in [0, 0.05) is 13.6 Å². The van der Waals surface area contributed by atoms with Gasteiger partial charge in [0.1, 0.15) is 12.4 Å². The Bertz CT molecular complexity index is 892. The Morgan fingerprint density at radius 2 is 1.92 bits per heavy atom. The van der Waals surface area contributed by atoms with Crippen molar-refractivity contribution < 1.29 is 22.7 Å². The number of benzene rings is 2. The Kier molecular flexibility index (Phi) is 6.54. The normalized spacial score (nSPS) is 11.2. The lowest BCUT2D eigenvalue weighted by atomic mass is 10.2. The number of rotatable bonds is 8. The Morgan fingerprint density at radius 3 is 2.62 bits per heavy atom. The minimum absolute atomic E-state index is 0.0296. The van der Waals surface area contributed by atoms with Crippen LogP contribution in [-0.2, 0) is 21.3 Å². The predicted molar refractivity (Wildman–Crippen MR) is 98.6 cm³/mol. The second-order valence-corrected chi connectivity index (χ2v) is 7.57. The van der Waals surface area contributed by atoms with Gasteiger partial charge in [-0.05, 0) is 35.9 Å². The maximum Gasteiger partial charge on any atom is 0.337 e. The topological polar surface area (TPSA) is 72.9 Å². The molecule has 138 valence electrons. The zero-order valence-corrected chi connectivity index (χ0v) is 15.5. The highest BCUT2D eigenvalue weighted by atomic mass is 32.2. The van der Waals surface area contributed by atoms with Gasteiger partial charge < -0.3 is 9.47 Å². The largest absolute Gasteiger partial charge is 0.490 e. The second-order valence-electron chi connectivity index (χ2n) is 5.53. The molecule has 0 fully saturated rings. The summed E-state index contributed by atoms with van der Waals surface area (Å²) in [6.07, 6.45) is 1.64. The summed E-state index contributed by atoms with van der Waals surface area (Å²) >= 11 is 0. The Hall–Kier alpha value is -2.64. The first-order chi connectivity index (χ1) is 12.4. The van der Waals surface area contributed by atoms with Crippen LogP contribution in [0.15, 0.2) is 66.1 Å². The van der Waals surface area contributed by atoms with Crippen LogP contribution in [0, 0.1) is 0 Å². The summed E-state index contributed by atoms with van der Waals surface area (Å²) in [7, 11) is -1.03. The van der Waals surface area contributed by atoms with Gasteiger partial charge in [-0.25, -0.2) is 13.2 Å². The van der Waals surface area contributed by atoms with Crippen molar-refractivity contribution in [2.75, 3.05) is 20.8 Å². The van der Waals surface area contributed by atoms with E-state index in [2.05, 4.69) is 11.3 Å². The van der Waals surface area contributed by atoms with Crippen molar-refractivity contribution in [3.8, 4) is 5.75 Å². The molecular weight excluding hydrogens is 354 g/mol. The van der Waals surface area contributed by atoms with E-state index in [1.54, 1.807) is 24.3 Å². The van der Waals surface area contributed by atoms with Crippen LogP contribution in [0.5, 0.6) is 5.75 Å². The van der Waals surface area contributed by atoms with Crippen LogP contribution in [0.3, 0.4) is 0 Å². The summed E-state index contributed by atoms with van der Waals surface area (Å²) in [6.45, 7) is 4.13. The molecule has 0 heterocycles. The van der Waals surface area contributed by atoms with Crippen LogP contribution in [-0.4, -0.2) is 39.5 Å². The highest BCUT2D eigenvalue weighted by Crippen LogP contribution is 2.20. The van der Waals surface area contributed by atoms with Crippen molar-refractivity contribution in [2.45, 2.75) is 11.4 Å². The van der Waals surface area contributed by atoms with Crippen LogP contribution >= 0.6 is 0 Å². The van der Waals surface area contributed by atoms with Gasteiger partial charge in [-0.15, -0.1) is 0 Å². The molecule has 0 aliphatic rings. The Balaban J connectivity index is 2.21. The zero-order chi connectivity index (χ0) is 19.2. The molecule has 0 atom stereocenters. The third-order valence-corrected chi connectivity index (χ3v) is 5.43. The van der Waals surface area contributed by atoms with E-state index in [-0.39, 0.29) is 17.0 Å². The molecule has 0 unspecified atom stereocenters. The van der Waals surface area contributed by atoms with Crippen LogP contribution in [0.1, 0.15) is 15.9 Å². The standard InChI is InChI=1S/C19H21NO5S/c1-4-11-25-17-9-5-7-15(12-17)14-20(2)26(22,23)18-10-6-8-16(13-18)19(21)24-3/h4-10,12-13H,1,11,14H2,2-3H3. The van der Waals surface area contributed by atoms with Crippen molar-refractivity contribution in [3.63, 3.8) is 0 Å². The summed E-state index contributed by atoms with van der Waals surface area (Å²) in [6, 6.07) is 13.0. The van der Waals surface area contributed by atoms with Crippen molar-refractivity contribution >= 4 is 16.0 Å². The zero-order valence-electron chi connectivity index (χ0n) is 14.7. The highest BCUT2D eigenvalue weighted by Gasteiger charge is 2.22. The van der Waals surface area contributed by atoms with Gasteiger partial charge in [-0.1, -0.05) is 30.9 Å². The van der Waals surface area contributed by atoms with Crippen LogP contribution in [0.2, 0.25) is 0 Å². The van der Waals surface area contributed by atoms with E-state index in [0.29, 0.717) is 12.4 Å². The van der Waals surface area contributed by atoms with Gasteiger partial charge in [0.15, 0.2) is 0 Å². The van der Waals surface area contributed by atoms with Gasteiger partial charge in [0.05, 0.1) is 17.6 Å². The third kappa shape index (κ3) is 4.71. The minimum Gasteiger partial charge on any atom is -0.490 e. The minimum atomic E-state index is -3.76. The molecule has 0 amide bonds. The number of carbonyl (C=O) groups excluding carboxylic acids is 1. The Labute approximate surface area is 153 Å². The first kappa shape index (κ1) is 19.7. The molecule has 26 heavy (non-hydrogen) atoms. The predicted octanol–water partition coefficient (Wildman–Crippen LogP) is 2.86.